The lowest BCUT2D eigenvalue weighted by molar-refractivity contribution is -0.137. The first-order valence-electron chi connectivity index (χ1n) is 11.1. The quantitative estimate of drug-likeness (QED) is 0.176. The number of anilines is 1. The highest BCUT2D eigenvalue weighted by molar-refractivity contribution is 8.27. The van der Waals surface area contributed by atoms with Crippen molar-refractivity contribution in [2.75, 3.05) is 11.5 Å². The molecule has 1 aliphatic rings. The molecule has 1 heterocycles. The number of unbranched alkanes of at least 4 members (excludes halogenated alkanes) is 5. The van der Waals surface area contributed by atoms with Gasteiger partial charge in [-0.1, -0.05) is 86.7 Å². The van der Waals surface area contributed by atoms with Crippen LogP contribution < -0.4 is 9.64 Å². The van der Waals surface area contributed by atoms with Gasteiger partial charge in [0.15, 0.2) is 4.32 Å². The van der Waals surface area contributed by atoms with E-state index in [1.54, 1.807) is 6.08 Å². The van der Waals surface area contributed by atoms with Gasteiger partial charge < -0.3 is 4.74 Å². The van der Waals surface area contributed by atoms with Crippen molar-refractivity contribution in [3.05, 3.63) is 63.5 Å². The van der Waals surface area contributed by atoms with Crippen LogP contribution in [0.25, 0.3) is 6.08 Å². The highest BCUT2D eigenvalue weighted by Crippen LogP contribution is 2.41. The normalized spacial score (nSPS) is 15.4. The van der Waals surface area contributed by atoms with Crippen LogP contribution in [-0.2, 0) is 11.0 Å². The molecule has 0 saturated carbocycles. The van der Waals surface area contributed by atoms with Crippen LogP contribution in [0.1, 0.15) is 56.6 Å². The molecule has 1 fully saturated rings. The lowest BCUT2D eigenvalue weighted by Gasteiger charge is -2.17. The van der Waals surface area contributed by atoms with Gasteiger partial charge in [-0.3, -0.25) is 9.69 Å². The lowest BCUT2D eigenvalue weighted by Crippen LogP contribution is -2.27. The molecule has 1 aliphatic heterocycles. The van der Waals surface area contributed by atoms with Gasteiger partial charge in [0.05, 0.1) is 27.8 Å². The number of alkyl halides is 3. The van der Waals surface area contributed by atoms with Crippen LogP contribution >= 0.6 is 35.6 Å². The molecule has 9 heteroatoms. The van der Waals surface area contributed by atoms with Crippen molar-refractivity contribution in [3.63, 3.8) is 0 Å². The Labute approximate surface area is 212 Å². The molecule has 182 valence electrons. The summed E-state index contributed by atoms with van der Waals surface area (Å²) in [5, 5.41) is -0.434. The molecule has 3 nitrogen and oxygen atoms in total. The monoisotopic (exact) mass is 527 g/mol. The first-order chi connectivity index (χ1) is 16.2. The minimum atomic E-state index is -4.64. The number of halogens is 4. The first-order valence-corrected chi connectivity index (χ1v) is 12.7. The van der Waals surface area contributed by atoms with Crippen molar-refractivity contribution in [1.82, 2.24) is 0 Å². The Hall–Kier alpha value is -2.03. The zero-order valence-electron chi connectivity index (χ0n) is 18.7. The molecular weight excluding hydrogens is 503 g/mol. The molecule has 1 amide bonds. The number of hydrogen-bond donors (Lipinski definition) is 0. The van der Waals surface area contributed by atoms with Crippen LogP contribution in [-0.4, -0.2) is 16.8 Å². The van der Waals surface area contributed by atoms with E-state index in [9.17, 15) is 18.0 Å². The van der Waals surface area contributed by atoms with Crippen molar-refractivity contribution in [2.45, 2.75) is 51.6 Å². The molecule has 0 atom stereocenters. The predicted molar refractivity (Wildman–Crippen MR) is 137 cm³/mol. The Bertz CT molecular complexity index is 1060. The van der Waals surface area contributed by atoms with E-state index in [0.717, 1.165) is 52.9 Å². The van der Waals surface area contributed by atoms with E-state index in [2.05, 4.69) is 6.92 Å². The maximum absolute atomic E-state index is 13.2. The summed E-state index contributed by atoms with van der Waals surface area (Å²) in [5.74, 6) is 0.271. The molecule has 2 aromatic rings. The van der Waals surface area contributed by atoms with Crippen molar-refractivity contribution >= 4 is 57.6 Å². The van der Waals surface area contributed by atoms with E-state index in [-0.39, 0.29) is 10.0 Å². The summed E-state index contributed by atoms with van der Waals surface area (Å²) < 4.78 is 45.6. The number of carbonyl (C=O) groups excluding carboxylic acids is 1. The second kappa shape index (κ2) is 12.1. The first kappa shape index (κ1) is 26.6. The van der Waals surface area contributed by atoms with Crippen molar-refractivity contribution in [2.24, 2.45) is 0 Å². The topological polar surface area (TPSA) is 29.5 Å². The van der Waals surface area contributed by atoms with Gasteiger partial charge in [0, 0.05) is 0 Å². The minimum Gasteiger partial charge on any atom is -0.494 e. The van der Waals surface area contributed by atoms with E-state index in [1.165, 1.54) is 31.7 Å². The van der Waals surface area contributed by atoms with Gasteiger partial charge in [-0.25, -0.2) is 0 Å². The van der Waals surface area contributed by atoms with E-state index < -0.39 is 22.7 Å². The van der Waals surface area contributed by atoms with Crippen LogP contribution in [0.2, 0.25) is 5.02 Å². The number of nitrogens with zero attached hydrogens (tertiary/aromatic N) is 1. The average Bonchev–Trinajstić information content (AvgIpc) is 3.06. The summed E-state index contributed by atoms with van der Waals surface area (Å²) in [6.45, 7) is 2.85. The Morgan fingerprint density at radius 3 is 2.41 bits per heavy atom. The molecule has 0 radical (unpaired) electrons. The highest BCUT2D eigenvalue weighted by Gasteiger charge is 2.37. The smallest absolute Gasteiger partial charge is 0.417 e. The van der Waals surface area contributed by atoms with Crippen molar-refractivity contribution in [1.29, 1.82) is 0 Å². The fourth-order valence-electron chi connectivity index (χ4n) is 3.44. The fraction of sp³-hybridized carbons (Fsp3) is 0.360. The van der Waals surface area contributed by atoms with Gasteiger partial charge in [-0.05, 0) is 48.4 Å². The summed E-state index contributed by atoms with van der Waals surface area (Å²) in [6.07, 6.45) is 4.18. The molecule has 3 rings (SSSR count). The summed E-state index contributed by atoms with van der Waals surface area (Å²) in [6, 6.07) is 10.6. The zero-order chi connectivity index (χ0) is 24.7. The van der Waals surface area contributed by atoms with Gasteiger partial charge in [0.25, 0.3) is 5.91 Å². The summed E-state index contributed by atoms with van der Waals surface area (Å²) in [4.78, 5) is 14.3. The van der Waals surface area contributed by atoms with Gasteiger partial charge in [0.1, 0.15) is 5.75 Å². The summed E-state index contributed by atoms with van der Waals surface area (Å²) in [5.41, 5.74) is -0.221. The highest BCUT2D eigenvalue weighted by atomic mass is 35.5. The fourth-order valence-corrected chi connectivity index (χ4v) is 4.97. The standard InChI is InChI=1S/C25H25ClF3NO2S2/c1-2-3-4-5-6-7-14-32-19-11-8-17(9-12-19)15-22-23(31)30(24(33)34-22)18-10-13-21(26)20(16-18)25(27,28)29/h8-13,15-16H,2-7,14H2,1H3/b22-15+. The van der Waals surface area contributed by atoms with Gasteiger partial charge in [-0.2, -0.15) is 13.2 Å². The molecule has 0 aromatic heterocycles. The van der Waals surface area contributed by atoms with E-state index in [0.29, 0.717) is 11.5 Å². The third-order valence-electron chi connectivity index (χ3n) is 5.25. The molecule has 0 N–H and O–H groups in total. The van der Waals surface area contributed by atoms with Gasteiger partial charge in [-0.15, -0.1) is 0 Å². The Morgan fingerprint density at radius 2 is 1.74 bits per heavy atom. The Kier molecular flexibility index (Phi) is 9.45. The molecular formula is C25H25ClF3NO2S2. The van der Waals surface area contributed by atoms with Crippen LogP contribution in [0.15, 0.2) is 47.4 Å². The zero-order valence-corrected chi connectivity index (χ0v) is 21.0. The van der Waals surface area contributed by atoms with Crippen LogP contribution in [0.3, 0.4) is 0 Å². The number of hydrogen-bond acceptors (Lipinski definition) is 4. The Balaban J connectivity index is 1.63. The van der Waals surface area contributed by atoms with E-state index in [4.69, 9.17) is 28.6 Å². The van der Waals surface area contributed by atoms with Crippen molar-refractivity contribution < 1.29 is 22.7 Å². The number of rotatable bonds is 10. The summed E-state index contributed by atoms with van der Waals surface area (Å²) in [7, 11) is 0. The van der Waals surface area contributed by atoms with Crippen LogP contribution in [0, 0.1) is 0 Å². The molecule has 1 saturated heterocycles. The lowest BCUT2D eigenvalue weighted by atomic mass is 10.1. The van der Waals surface area contributed by atoms with Crippen molar-refractivity contribution in [3.8, 4) is 5.75 Å². The Morgan fingerprint density at radius 1 is 1.06 bits per heavy atom. The second-order valence-corrected chi connectivity index (χ2v) is 9.95. The maximum Gasteiger partial charge on any atom is 0.417 e. The molecule has 0 spiro atoms. The molecule has 0 bridgehead atoms. The maximum atomic E-state index is 13.2. The third kappa shape index (κ3) is 6.99. The number of thioether (sulfide) groups is 1. The minimum absolute atomic E-state index is 0.0288. The van der Waals surface area contributed by atoms with Crippen LogP contribution in [0.5, 0.6) is 5.75 Å². The molecule has 0 aliphatic carbocycles. The van der Waals surface area contributed by atoms with E-state index >= 15 is 0 Å². The largest absolute Gasteiger partial charge is 0.494 e. The second-order valence-electron chi connectivity index (χ2n) is 7.86. The number of ether oxygens (including phenoxy) is 1. The number of amides is 1. The number of thiocarbonyl (C=S) groups is 1. The molecule has 0 unspecified atom stereocenters. The third-order valence-corrected chi connectivity index (χ3v) is 6.88. The molecule has 34 heavy (non-hydrogen) atoms. The molecule has 2 aromatic carbocycles. The average molecular weight is 528 g/mol. The number of benzene rings is 2. The van der Waals surface area contributed by atoms with E-state index in [1.807, 2.05) is 24.3 Å². The number of carbonyl (C=O) groups is 1. The van der Waals surface area contributed by atoms with Gasteiger partial charge >= 0.3 is 6.18 Å². The van der Waals surface area contributed by atoms with Crippen LogP contribution in [0.4, 0.5) is 18.9 Å². The predicted octanol–water partition coefficient (Wildman–Crippen LogP) is 8.50. The summed E-state index contributed by atoms with van der Waals surface area (Å²) >= 11 is 12.0. The SMILES string of the molecule is CCCCCCCCOc1ccc(/C=C2/SC(=S)N(c3ccc(Cl)c(C(F)(F)F)c3)C2=O)cc1. The van der Waals surface area contributed by atoms with Gasteiger partial charge in [0.2, 0.25) is 0 Å².